The summed E-state index contributed by atoms with van der Waals surface area (Å²) in [5.41, 5.74) is 0. The normalized spacial score (nSPS) is 30.8. The van der Waals surface area contributed by atoms with E-state index in [1.54, 1.807) is 12.4 Å². The zero-order chi connectivity index (χ0) is 12.6. The van der Waals surface area contributed by atoms with Gasteiger partial charge in [0.1, 0.15) is 15.8 Å². The molecule has 3 heterocycles. The SMILES string of the molecule is C[C@]1(C2CCCN2c2cncc(Cl)n2)NC=CS1. The average Bonchev–Trinajstić information content (AvgIpc) is 2.98. The second-order valence-electron chi connectivity index (χ2n) is 4.72. The van der Waals surface area contributed by atoms with Crippen molar-refractivity contribution in [2.24, 2.45) is 0 Å². The molecule has 2 aliphatic heterocycles. The molecule has 1 fully saturated rings. The van der Waals surface area contributed by atoms with Crippen molar-refractivity contribution in [3.05, 3.63) is 29.2 Å². The number of nitrogens with one attached hydrogen (secondary N) is 1. The second-order valence-corrected chi connectivity index (χ2v) is 6.47. The summed E-state index contributed by atoms with van der Waals surface area (Å²) in [7, 11) is 0. The smallest absolute Gasteiger partial charge is 0.149 e. The molecule has 0 aromatic carbocycles. The molecule has 1 aromatic heterocycles. The summed E-state index contributed by atoms with van der Waals surface area (Å²) in [6.07, 6.45) is 7.72. The standard InChI is InChI=1S/C12H15ClN4S/c1-12(15-4-6-18-12)9-3-2-5-17(9)11-8-14-7-10(13)16-11/h4,6-9,15H,2-3,5H2,1H3/t9?,12-/m0/s1. The number of aromatic nitrogens is 2. The van der Waals surface area contributed by atoms with Crippen LogP contribution in [0.25, 0.3) is 0 Å². The fraction of sp³-hybridized carbons (Fsp3) is 0.500. The van der Waals surface area contributed by atoms with Gasteiger partial charge in [0, 0.05) is 12.7 Å². The molecule has 1 N–H and O–H groups in total. The number of nitrogens with zero attached hydrogens (tertiary/aromatic N) is 3. The van der Waals surface area contributed by atoms with Crippen molar-refractivity contribution in [2.75, 3.05) is 11.4 Å². The van der Waals surface area contributed by atoms with E-state index in [9.17, 15) is 0 Å². The summed E-state index contributed by atoms with van der Waals surface area (Å²) in [5, 5.41) is 6.01. The monoisotopic (exact) mass is 282 g/mol. The van der Waals surface area contributed by atoms with Crippen LogP contribution in [-0.4, -0.2) is 27.4 Å². The van der Waals surface area contributed by atoms with E-state index in [-0.39, 0.29) is 4.87 Å². The third-order valence-electron chi connectivity index (χ3n) is 3.53. The van der Waals surface area contributed by atoms with Gasteiger partial charge in [-0.25, -0.2) is 4.98 Å². The van der Waals surface area contributed by atoms with Gasteiger partial charge in [0.2, 0.25) is 0 Å². The lowest BCUT2D eigenvalue weighted by molar-refractivity contribution is 0.465. The number of hydrogen-bond donors (Lipinski definition) is 1. The van der Waals surface area contributed by atoms with Crippen molar-refractivity contribution in [1.82, 2.24) is 15.3 Å². The summed E-state index contributed by atoms with van der Waals surface area (Å²) in [4.78, 5) is 10.8. The van der Waals surface area contributed by atoms with Gasteiger partial charge < -0.3 is 10.2 Å². The number of anilines is 1. The Morgan fingerprint density at radius 2 is 2.44 bits per heavy atom. The van der Waals surface area contributed by atoms with Gasteiger partial charge in [-0.05, 0) is 25.2 Å². The quantitative estimate of drug-likeness (QED) is 0.903. The molecule has 0 bridgehead atoms. The molecule has 0 saturated carbocycles. The third-order valence-corrected chi connectivity index (χ3v) is 4.86. The van der Waals surface area contributed by atoms with Crippen molar-refractivity contribution in [1.29, 1.82) is 0 Å². The Morgan fingerprint density at radius 1 is 1.56 bits per heavy atom. The first-order valence-corrected chi connectivity index (χ1v) is 7.29. The zero-order valence-corrected chi connectivity index (χ0v) is 11.7. The Bertz CT molecular complexity index is 471. The Morgan fingerprint density at radius 3 is 3.17 bits per heavy atom. The van der Waals surface area contributed by atoms with Gasteiger partial charge in [0.25, 0.3) is 0 Å². The average molecular weight is 283 g/mol. The fourth-order valence-electron chi connectivity index (χ4n) is 2.67. The topological polar surface area (TPSA) is 41.1 Å². The molecule has 0 aliphatic carbocycles. The maximum Gasteiger partial charge on any atom is 0.149 e. The molecular weight excluding hydrogens is 268 g/mol. The van der Waals surface area contributed by atoms with Gasteiger partial charge in [0.15, 0.2) is 0 Å². The summed E-state index contributed by atoms with van der Waals surface area (Å²) in [6.45, 7) is 3.25. The van der Waals surface area contributed by atoms with E-state index in [0.29, 0.717) is 11.2 Å². The molecule has 0 spiro atoms. The lowest BCUT2D eigenvalue weighted by Gasteiger charge is -2.37. The Labute approximate surface area is 116 Å². The first-order chi connectivity index (χ1) is 8.69. The van der Waals surface area contributed by atoms with E-state index in [4.69, 9.17) is 11.6 Å². The summed E-state index contributed by atoms with van der Waals surface area (Å²) in [6, 6.07) is 0.408. The van der Waals surface area contributed by atoms with Gasteiger partial charge in [-0.1, -0.05) is 11.6 Å². The molecule has 0 amide bonds. The van der Waals surface area contributed by atoms with Crippen LogP contribution in [0.5, 0.6) is 0 Å². The van der Waals surface area contributed by atoms with Crippen LogP contribution in [0, 0.1) is 0 Å². The molecule has 1 saturated heterocycles. The zero-order valence-electron chi connectivity index (χ0n) is 10.1. The molecule has 1 unspecified atom stereocenters. The van der Waals surface area contributed by atoms with Crippen molar-refractivity contribution in [3.8, 4) is 0 Å². The Balaban J connectivity index is 1.87. The number of hydrogen-bond acceptors (Lipinski definition) is 5. The van der Waals surface area contributed by atoms with Crippen LogP contribution in [0.15, 0.2) is 24.0 Å². The van der Waals surface area contributed by atoms with Crippen LogP contribution < -0.4 is 10.2 Å². The van der Waals surface area contributed by atoms with E-state index < -0.39 is 0 Å². The molecule has 3 rings (SSSR count). The van der Waals surface area contributed by atoms with Crippen LogP contribution in [-0.2, 0) is 0 Å². The van der Waals surface area contributed by atoms with Gasteiger partial charge in [0.05, 0.1) is 18.4 Å². The van der Waals surface area contributed by atoms with Crippen molar-refractivity contribution in [2.45, 2.75) is 30.7 Å². The highest BCUT2D eigenvalue weighted by Crippen LogP contribution is 2.40. The number of rotatable bonds is 2. The molecular formula is C12H15ClN4S. The highest BCUT2D eigenvalue weighted by atomic mass is 35.5. The predicted molar refractivity (Wildman–Crippen MR) is 75.7 cm³/mol. The Hall–Kier alpha value is -0.940. The lowest BCUT2D eigenvalue weighted by Crippen LogP contribution is -2.51. The van der Waals surface area contributed by atoms with Crippen LogP contribution in [0.4, 0.5) is 5.82 Å². The van der Waals surface area contributed by atoms with Crippen LogP contribution >= 0.6 is 23.4 Å². The number of thioether (sulfide) groups is 1. The van der Waals surface area contributed by atoms with E-state index >= 15 is 0 Å². The van der Waals surface area contributed by atoms with Crippen molar-refractivity contribution in [3.63, 3.8) is 0 Å². The van der Waals surface area contributed by atoms with Crippen molar-refractivity contribution < 1.29 is 0 Å². The first kappa shape index (κ1) is 12.1. The minimum Gasteiger partial charge on any atom is -0.375 e. The summed E-state index contributed by atoms with van der Waals surface area (Å²) in [5.74, 6) is 0.875. The molecule has 18 heavy (non-hydrogen) atoms. The third kappa shape index (κ3) is 2.06. The van der Waals surface area contributed by atoms with E-state index in [0.717, 1.165) is 18.8 Å². The maximum atomic E-state index is 5.93. The minimum absolute atomic E-state index is 0.0144. The molecule has 2 atom stereocenters. The molecule has 6 heteroatoms. The molecule has 2 aliphatic rings. The minimum atomic E-state index is 0.0144. The summed E-state index contributed by atoms with van der Waals surface area (Å²) >= 11 is 7.76. The lowest BCUT2D eigenvalue weighted by atomic mass is 10.1. The van der Waals surface area contributed by atoms with Gasteiger partial charge in [-0.3, -0.25) is 4.98 Å². The van der Waals surface area contributed by atoms with Gasteiger partial charge in [-0.15, -0.1) is 11.8 Å². The van der Waals surface area contributed by atoms with E-state index in [1.807, 2.05) is 18.0 Å². The second kappa shape index (κ2) is 4.63. The van der Waals surface area contributed by atoms with Crippen molar-refractivity contribution >= 4 is 29.2 Å². The largest absolute Gasteiger partial charge is 0.375 e. The maximum absolute atomic E-state index is 5.93. The predicted octanol–water partition coefficient (Wildman–Crippen LogP) is 2.62. The van der Waals surface area contributed by atoms with Crippen LogP contribution in [0.2, 0.25) is 5.15 Å². The summed E-state index contributed by atoms with van der Waals surface area (Å²) < 4.78 is 0. The fourth-order valence-corrected chi connectivity index (χ4v) is 3.77. The molecule has 1 aromatic rings. The van der Waals surface area contributed by atoms with Gasteiger partial charge in [-0.2, -0.15) is 0 Å². The number of halogens is 1. The van der Waals surface area contributed by atoms with Gasteiger partial charge >= 0.3 is 0 Å². The Kier molecular flexibility index (Phi) is 3.11. The van der Waals surface area contributed by atoms with E-state index in [1.165, 1.54) is 6.42 Å². The van der Waals surface area contributed by atoms with Crippen LogP contribution in [0.3, 0.4) is 0 Å². The molecule has 0 radical (unpaired) electrons. The highest BCUT2D eigenvalue weighted by Gasteiger charge is 2.42. The first-order valence-electron chi connectivity index (χ1n) is 6.04. The van der Waals surface area contributed by atoms with Crippen LogP contribution in [0.1, 0.15) is 19.8 Å². The van der Waals surface area contributed by atoms with E-state index in [2.05, 4.69) is 32.5 Å². The molecule has 4 nitrogen and oxygen atoms in total. The highest BCUT2D eigenvalue weighted by molar-refractivity contribution is 8.03. The molecule has 96 valence electrons.